The van der Waals surface area contributed by atoms with Crippen molar-refractivity contribution in [2.24, 2.45) is 0 Å². The van der Waals surface area contributed by atoms with Crippen LogP contribution in [0.3, 0.4) is 0 Å². The third kappa shape index (κ3) is 2.93. The molecular weight excluding hydrogens is 254 g/mol. The van der Waals surface area contributed by atoms with Gasteiger partial charge in [0, 0.05) is 24.8 Å². The zero-order chi connectivity index (χ0) is 14.8. The molecule has 0 aliphatic carbocycles. The highest BCUT2D eigenvalue weighted by Crippen LogP contribution is 2.23. The summed E-state index contributed by atoms with van der Waals surface area (Å²) in [5.74, 6) is 0.783. The monoisotopic (exact) mass is 277 g/mol. The molecule has 0 radical (unpaired) electrons. The average molecular weight is 277 g/mol. The number of nitrogens with zero attached hydrogens (tertiary/aromatic N) is 2. The molecule has 0 bridgehead atoms. The van der Waals surface area contributed by atoms with Crippen LogP contribution >= 0.6 is 0 Å². The standard InChI is InChI=1S/C15H23N3O2/c1-5-12-8-11(9-13(16-4)17-12)14(19)18-6-7-20-10-15(18,2)3/h8-9H,5-7,10H2,1-4H3,(H,16,17). The summed E-state index contributed by atoms with van der Waals surface area (Å²) >= 11 is 0. The molecule has 0 aromatic carbocycles. The van der Waals surface area contributed by atoms with Gasteiger partial charge in [-0.3, -0.25) is 4.79 Å². The van der Waals surface area contributed by atoms with Crippen LogP contribution in [0.2, 0.25) is 0 Å². The van der Waals surface area contributed by atoms with Gasteiger partial charge >= 0.3 is 0 Å². The molecule has 0 spiro atoms. The van der Waals surface area contributed by atoms with E-state index in [9.17, 15) is 4.79 Å². The van der Waals surface area contributed by atoms with Crippen LogP contribution in [0.1, 0.15) is 36.8 Å². The molecule has 1 N–H and O–H groups in total. The number of carbonyl (C=O) groups is 1. The van der Waals surface area contributed by atoms with Gasteiger partial charge in [0.25, 0.3) is 5.91 Å². The van der Waals surface area contributed by atoms with Gasteiger partial charge in [0.15, 0.2) is 0 Å². The number of pyridine rings is 1. The maximum Gasteiger partial charge on any atom is 0.254 e. The van der Waals surface area contributed by atoms with Crippen LogP contribution < -0.4 is 5.32 Å². The molecule has 20 heavy (non-hydrogen) atoms. The number of aryl methyl sites for hydroxylation is 1. The first-order valence-corrected chi connectivity index (χ1v) is 7.06. The number of morpholine rings is 1. The molecule has 0 unspecified atom stereocenters. The third-order valence-corrected chi connectivity index (χ3v) is 3.63. The lowest BCUT2D eigenvalue weighted by molar-refractivity contribution is -0.0370. The Morgan fingerprint density at radius 3 is 2.85 bits per heavy atom. The van der Waals surface area contributed by atoms with Crippen LogP contribution in [-0.4, -0.2) is 48.1 Å². The van der Waals surface area contributed by atoms with Gasteiger partial charge in [-0.25, -0.2) is 4.98 Å². The van der Waals surface area contributed by atoms with Gasteiger partial charge in [-0.1, -0.05) is 6.92 Å². The van der Waals surface area contributed by atoms with Gasteiger partial charge in [0.1, 0.15) is 5.82 Å². The lowest BCUT2D eigenvalue weighted by Gasteiger charge is -2.42. The largest absolute Gasteiger partial charge is 0.377 e. The predicted octanol–water partition coefficient (Wildman–Crippen LogP) is 1.94. The first-order valence-electron chi connectivity index (χ1n) is 7.06. The van der Waals surface area contributed by atoms with E-state index in [2.05, 4.69) is 10.3 Å². The van der Waals surface area contributed by atoms with Crippen LogP contribution in [0.25, 0.3) is 0 Å². The van der Waals surface area contributed by atoms with Crippen LogP contribution in [-0.2, 0) is 11.2 Å². The Kier molecular flexibility index (Phi) is 4.28. The molecule has 1 amide bonds. The number of aromatic nitrogens is 1. The van der Waals surface area contributed by atoms with Crippen LogP contribution in [0, 0.1) is 0 Å². The Labute approximate surface area is 120 Å². The minimum Gasteiger partial charge on any atom is -0.377 e. The highest BCUT2D eigenvalue weighted by Gasteiger charge is 2.34. The van der Waals surface area contributed by atoms with E-state index in [1.54, 1.807) is 0 Å². The Hall–Kier alpha value is -1.62. The van der Waals surface area contributed by atoms with Gasteiger partial charge in [-0.2, -0.15) is 0 Å². The van der Waals surface area contributed by atoms with Gasteiger partial charge in [0.2, 0.25) is 0 Å². The lowest BCUT2D eigenvalue weighted by Crippen LogP contribution is -2.55. The normalized spacial score (nSPS) is 17.9. The molecular formula is C15H23N3O2. The molecule has 1 aliphatic heterocycles. The third-order valence-electron chi connectivity index (χ3n) is 3.63. The molecule has 1 aliphatic rings. The summed E-state index contributed by atoms with van der Waals surface area (Å²) in [4.78, 5) is 19.1. The van der Waals surface area contributed by atoms with Gasteiger partial charge in [0.05, 0.1) is 18.8 Å². The fraction of sp³-hybridized carbons (Fsp3) is 0.600. The molecule has 1 aromatic heterocycles. The zero-order valence-corrected chi connectivity index (χ0v) is 12.7. The van der Waals surface area contributed by atoms with Crippen molar-refractivity contribution in [2.45, 2.75) is 32.7 Å². The molecule has 0 saturated carbocycles. The quantitative estimate of drug-likeness (QED) is 0.917. The van der Waals surface area contributed by atoms with Crippen molar-refractivity contribution in [3.05, 3.63) is 23.4 Å². The van der Waals surface area contributed by atoms with E-state index in [0.717, 1.165) is 17.9 Å². The molecule has 2 rings (SSSR count). The fourth-order valence-corrected chi connectivity index (χ4v) is 2.41. The first kappa shape index (κ1) is 14.8. The van der Waals surface area contributed by atoms with Crippen LogP contribution in [0.5, 0.6) is 0 Å². The van der Waals surface area contributed by atoms with E-state index < -0.39 is 0 Å². The maximum atomic E-state index is 12.8. The summed E-state index contributed by atoms with van der Waals surface area (Å²) in [6.07, 6.45) is 0.808. The summed E-state index contributed by atoms with van der Waals surface area (Å²) in [6, 6.07) is 3.70. The Morgan fingerprint density at radius 2 is 2.25 bits per heavy atom. The van der Waals surface area contributed by atoms with Crippen molar-refractivity contribution in [3.8, 4) is 0 Å². The average Bonchev–Trinajstić information content (AvgIpc) is 2.45. The molecule has 110 valence electrons. The van der Waals surface area contributed by atoms with Gasteiger partial charge < -0.3 is 15.0 Å². The summed E-state index contributed by atoms with van der Waals surface area (Å²) < 4.78 is 5.47. The number of hydrogen-bond donors (Lipinski definition) is 1. The summed E-state index contributed by atoms with van der Waals surface area (Å²) in [5.41, 5.74) is 1.34. The minimum atomic E-state index is -0.273. The summed E-state index contributed by atoms with van der Waals surface area (Å²) in [6.45, 7) is 7.90. The highest BCUT2D eigenvalue weighted by molar-refractivity contribution is 5.95. The number of nitrogens with one attached hydrogen (secondary N) is 1. The van der Waals surface area contributed by atoms with E-state index in [1.807, 2.05) is 44.9 Å². The van der Waals surface area contributed by atoms with Gasteiger partial charge in [-0.05, 0) is 32.4 Å². The van der Waals surface area contributed by atoms with Crippen molar-refractivity contribution in [1.82, 2.24) is 9.88 Å². The van der Waals surface area contributed by atoms with E-state index in [4.69, 9.17) is 4.74 Å². The maximum absolute atomic E-state index is 12.8. The molecule has 1 fully saturated rings. The second kappa shape index (κ2) is 5.79. The highest BCUT2D eigenvalue weighted by atomic mass is 16.5. The molecule has 1 saturated heterocycles. The predicted molar refractivity (Wildman–Crippen MR) is 79.1 cm³/mol. The first-order chi connectivity index (χ1) is 9.47. The number of rotatable bonds is 3. The SMILES string of the molecule is CCc1cc(C(=O)N2CCOCC2(C)C)cc(NC)n1. The number of anilines is 1. The number of ether oxygens (including phenoxy) is 1. The molecule has 2 heterocycles. The van der Waals surface area contributed by atoms with Crippen molar-refractivity contribution in [3.63, 3.8) is 0 Å². The lowest BCUT2D eigenvalue weighted by atomic mass is 10.0. The van der Waals surface area contributed by atoms with E-state index in [0.29, 0.717) is 25.3 Å². The van der Waals surface area contributed by atoms with Crippen LogP contribution in [0.15, 0.2) is 12.1 Å². The van der Waals surface area contributed by atoms with Crippen molar-refractivity contribution in [1.29, 1.82) is 0 Å². The summed E-state index contributed by atoms with van der Waals surface area (Å²) in [7, 11) is 1.81. The molecule has 5 heteroatoms. The Bertz CT molecular complexity index is 478. The van der Waals surface area contributed by atoms with Crippen molar-refractivity contribution < 1.29 is 9.53 Å². The Balaban J connectivity index is 2.32. The molecule has 1 aromatic rings. The summed E-state index contributed by atoms with van der Waals surface area (Å²) in [5, 5.41) is 3.01. The van der Waals surface area contributed by atoms with Crippen LogP contribution in [0.4, 0.5) is 5.82 Å². The van der Waals surface area contributed by atoms with E-state index in [-0.39, 0.29) is 11.4 Å². The van der Waals surface area contributed by atoms with E-state index in [1.165, 1.54) is 0 Å². The molecule has 5 nitrogen and oxygen atoms in total. The smallest absolute Gasteiger partial charge is 0.254 e. The minimum absolute atomic E-state index is 0.0481. The topological polar surface area (TPSA) is 54.5 Å². The number of hydrogen-bond acceptors (Lipinski definition) is 4. The Morgan fingerprint density at radius 1 is 1.50 bits per heavy atom. The number of amides is 1. The van der Waals surface area contributed by atoms with E-state index >= 15 is 0 Å². The second-order valence-electron chi connectivity index (χ2n) is 5.66. The van der Waals surface area contributed by atoms with Gasteiger partial charge in [-0.15, -0.1) is 0 Å². The number of carbonyl (C=O) groups excluding carboxylic acids is 1. The zero-order valence-electron chi connectivity index (χ0n) is 12.7. The van der Waals surface area contributed by atoms with Crippen molar-refractivity contribution in [2.75, 3.05) is 32.1 Å². The second-order valence-corrected chi connectivity index (χ2v) is 5.66. The molecule has 0 atom stereocenters. The fourth-order valence-electron chi connectivity index (χ4n) is 2.41. The van der Waals surface area contributed by atoms with Crippen molar-refractivity contribution >= 4 is 11.7 Å².